The molecule has 0 fully saturated rings. The minimum absolute atomic E-state index is 0.0442. The molecular formula is C17H23N3S. The molecule has 4 heteroatoms. The second-order valence-electron chi connectivity index (χ2n) is 5.66. The summed E-state index contributed by atoms with van der Waals surface area (Å²) in [6.45, 7) is 4.10. The summed E-state index contributed by atoms with van der Waals surface area (Å²) in [5.74, 6) is 0. The van der Waals surface area contributed by atoms with Crippen LogP contribution in [0.5, 0.6) is 0 Å². The fraction of sp³-hybridized carbons (Fsp3) is 0.353. The van der Waals surface area contributed by atoms with Crippen LogP contribution >= 0.6 is 12.6 Å². The standard InChI is InChI=1S/C17H23N3S/c1-12-10-13(19(2)3)6-8-15(12)18-16-9-7-14(20(4)5)11-17(16)21/h6-11,16-17,21H,1H2,2-5H3/b18-15-. The average Bonchev–Trinajstić information content (AvgIpc) is 2.42. The van der Waals surface area contributed by atoms with Crippen LogP contribution in [0.25, 0.3) is 0 Å². The Kier molecular flexibility index (Phi) is 4.78. The van der Waals surface area contributed by atoms with Crippen molar-refractivity contribution >= 4 is 18.3 Å². The van der Waals surface area contributed by atoms with E-state index in [1.54, 1.807) is 0 Å². The van der Waals surface area contributed by atoms with Crippen LogP contribution in [0.15, 0.2) is 65.0 Å². The van der Waals surface area contributed by atoms with Gasteiger partial charge in [-0.15, -0.1) is 0 Å². The monoisotopic (exact) mass is 301 g/mol. The van der Waals surface area contributed by atoms with Gasteiger partial charge >= 0.3 is 0 Å². The quantitative estimate of drug-likeness (QED) is 0.808. The second-order valence-corrected chi connectivity index (χ2v) is 6.26. The van der Waals surface area contributed by atoms with Crippen LogP contribution in [-0.2, 0) is 0 Å². The summed E-state index contributed by atoms with van der Waals surface area (Å²) in [6, 6.07) is 0.0442. The lowest BCUT2D eigenvalue weighted by Gasteiger charge is -2.24. The topological polar surface area (TPSA) is 18.8 Å². The zero-order valence-corrected chi connectivity index (χ0v) is 14.0. The van der Waals surface area contributed by atoms with Crippen LogP contribution in [0.2, 0.25) is 0 Å². The lowest BCUT2D eigenvalue weighted by molar-refractivity contribution is 0.522. The smallest absolute Gasteiger partial charge is 0.0842 e. The van der Waals surface area contributed by atoms with Crippen molar-refractivity contribution in [2.24, 2.45) is 4.99 Å². The van der Waals surface area contributed by atoms with Crippen molar-refractivity contribution in [1.29, 1.82) is 0 Å². The Bertz CT molecular complexity index is 577. The molecule has 0 aromatic carbocycles. The molecule has 2 aliphatic carbocycles. The van der Waals surface area contributed by atoms with Gasteiger partial charge in [0.1, 0.15) is 0 Å². The lowest BCUT2D eigenvalue weighted by atomic mass is 10.0. The molecule has 0 saturated heterocycles. The maximum Gasteiger partial charge on any atom is 0.0842 e. The first-order chi connectivity index (χ1) is 9.88. The molecule has 0 heterocycles. The number of aliphatic imine (C=N–C) groups is 1. The molecule has 0 aromatic rings. The van der Waals surface area contributed by atoms with Crippen LogP contribution in [0.1, 0.15) is 0 Å². The van der Waals surface area contributed by atoms with Crippen molar-refractivity contribution in [3.63, 3.8) is 0 Å². The third-order valence-electron chi connectivity index (χ3n) is 3.54. The van der Waals surface area contributed by atoms with Crippen LogP contribution in [0, 0.1) is 0 Å². The van der Waals surface area contributed by atoms with E-state index in [4.69, 9.17) is 4.99 Å². The van der Waals surface area contributed by atoms with Gasteiger partial charge in [0.2, 0.25) is 0 Å². The van der Waals surface area contributed by atoms with Crippen LogP contribution < -0.4 is 0 Å². The van der Waals surface area contributed by atoms with E-state index in [2.05, 4.69) is 59.4 Å². The SMILES string of the molecule is C=C1C=C(N(C)C)C=C/C1=N/C1C=CC(N(C)C)=CC1S. The number of rotatable bonds is 3. The molecule has 3 nitrogen and oxygen atoms in total. The molecule has 112 valence electrons. The molecular weight excluding hydrogens is 278 g/mol. The van der Waals surface area contributed by atoms with Gasteiger partial charge in [0.05, 0.1) is 11.8 Å². The minimum Gasteiger partial charge on any atom is -0.378 e. The molecule has 0 bridgehead atoms. The first-order valence-electron chi connectivity index (χ1n) is 6.98. The molecule has 0 radical (unpaired) electrons. The molecule has 0 saturated carbocycles. The van der Waals surface area contributed by atoms with Crippen molar-refractivity contribution in [1.82, 2.24) is 9.80 Å². The maximum absolute atomic E-state index is 4.79. The van der Waals surface area contributed by atoms with Gasteiger partial charge in [0, 0.05) is 44.8 Å². The number of likely N-dealkylation sites (N-methyl/N-ethyl adjacent to an activating group) is 2. The summed E-state index contributed by atoms with van der Waals surface area (Å²) >= 11 is 4.65. The van der Waals surface area contributed by atoms with Gasteiger partial charge in [-0.25, -0.2) is 0 Å². The van der Waals surface area contributed by atoms with Gasteiger partial charge in [-0.2, -0.15) is 12.6 Å². The Morgan fingerprint density at radius 1 is 1.05 bits per heavy atom. The van der Waals surface area contributed by atoms with E-state index in [-0.39, 0.29) is 11.3 Å². The number of hydrogen-bond donors (Lipinski definition) is 1. The van der Waals surface area contributed by atoms with E-state index < -0.39 is 0 Å². The second kappa shape index (κ2) is 6.39. The number of nitrogens with zero attached hydrogens (tertiary/aromatic N) is 3. The average molecular weight is 301 g/mol. The van der Waals surface area contributed by atoms with Gasteiger partial charge in [-0.1, -0.05) is 12.7 Å². The van der Waals surface area contributed by atoms with E-state index in [1.807, 2.05) is 34.3 Å². The van der Waals surface area contributed by atoms with Gasteiger partial charge in [0.25, 0.3) is 0 Å². The van der Waals surface area contributed by atoms with Crippen molar-refractivity contribution in [2.75, 3.05) is 28.2 Å². The first kappa shape index (κ1) is 15.7. The molecule has 2 rings (SSSR count). The summed E-state index contributed by atoms with van der Waals surface area (Å²) in [5, 5.41) is 0.0836. The van der Waals surface area contributed by atoms with Gasteiger partial charge in [0.15, 0.2) is 0 Å². The Morgan fingerprint density at radius 3 is 2.24 bits per heavy atom. The summed E-state index contributed by atoms with van der Waals surface area (Å²) in [7, 11) is 8.10. The summed E-state index contributed by atoms with van der Waals surface area (Å²) < 4.78 is 0. The first-order valence-corrected chi connectivity index (χ1v) is 7.49. The van der Waals surface area contributed by atoms with Crippen molar-refractivity contribution in [2.45, 2.75) is 11.3 Å². The van der Waals surface area contributed by atoms with E-state index in [9.17, 15) is 0 Å². The fourth-order valence-corrected chi connectivity index (χ4v) is 2.51. The van der Waals surface area contributed by atoms with E-state index in [1.165, 1.54) is 5.70 Å². The zero-order chi connectivity index (χ0) is 15.6. The molecule has 2 atom stereocenters. The van der Waals surface area contributed by atoms with E-state index in [0.717, 1.165) is 17.0 Å². The van der Waals surface area contributed by atoms with E-state index in [0.29, 0.717) is 0 Å². The summed E-state index contributed by atoms with van der Waals surface area (Å²) in [5.41, 5.74) is 4.17. The van der Waals surface area contributed by atoms with Crippen LogP contribution in [0.3, 0.4) is 0 Å². The van der Waals surface area contributed by atoms with Crippen LogP contribution in [0.4, 0.5) is 0 Å². The highest BCUT2D eigenvalue weighted by atomic mass is 32.1. The third-order valence-corrected chi connectivity index (χ3v) is 3.99. The van der Waals surface area contributed by atoms with E-state index >= 15 is 0 Å². The zero-order valence-electron chi connectivity index (χ0n) is 13.1. The Balaban J connectivity index is 2.15. The Labute approximate surface area is 133 Å². The predicted octanol–water partition coefficient (Wildman–Crippen LogP) is 2.68. The molecule has 0 aromatic heterocycles. The van der Waals surface area contributed by atoms with Gasteiger partial charge < -0.3 is 9.80 Å². The predicted molar refractivity (Wildman–Crippen MR) is 95.0 cm³/mol. The Morgan fingerprint density at radius 2 is 1.71 bits per heavy atom. The molecule has 21 heavy (non-hydrogen) atoms. The lowest BCUT2D eigenvalue weighted by Crippen LogP contribution is -2.24. The number of allylic oxidation sites excluding steroid dienone is 5. The molecule has 0 N–H and O–H groups in total. The van der Waals surface area contributed by atoms with Crippen LogP contribution in [-0.4, -0.2) is 55.0 Å². The largest absolute Gasteiger partial charge is 0.378 e. The normalized spacial score (nSPS) is 26.7. The molecule has 0 amide bonds. The summed E-state index contributed by atoms with van der Waals surface area (Å²) in [4.78, 5) is 8.93. The van der Waals surface area contributed by atoms with Gasteiger partial charge in [-0.3, -0.25) is 4.99 Å². The molecule has 0 aliphatic heterocycles. The minimum atomic E-state index is 0.0442. The fourth-order valence-electron chi connectivity index (χ4n) is 2.19. The number of hydrogen-bond acceptors (Lipinski definition) is 4. The highest BCUT2D eigenvalue weighted by Gasteiger charge is 2.19. The van der Waals surface area contributed by atoms with Crippen molar-refractivity contribution < 1.29 is 0 Å². The van der Waals surface area contributed by atoms with Crippen molar-refractivity contribution in [3.8, 4) is 0 Å². The maximum atomic E-state index is 4.79. The molecule has 0 spiro atoms. The highest BCUT2D eigenvalue weighted by Crippen LogP contribution is 2.22. The highest BCUT2D eigenvalue weighted by molar-refractivity contribution is 7.81. The Hall–Kier alpha value is -1.68. The van der Waals surface area contributed by atoms with Crippen molar-refractivity contribution in [3.05, 3.63) is 60.0 Å². The molecule has 2 aliphatic rings. The summed E-state index contributed by atoms with van der Waals surface area (Å²) in [6.07, 6.45) is 12.5. The molecule has 2 unspecified atom stereocenters. The third kappa shape index (κ3) is 3.70. The van der Waals surface area contributed by atoms with Gasteiger partial charge in [-0.05, 0) is 36.0 Å². The number of thiol groups is 1.